The summed E-state index contributed by atoms with van der Waals surface area (Å²) in [5.74, 6) is 0.455. The molecule has 142 valence electrons. The van der Waals surface area contributed by atoms with Gasteiger partial charge in [-0.25, -0.2) is 13.9 Å². The minimum Gasteiger partial charge on any atom is -0.496 e. The Hall–Kier alpha value is -2.23. The molecule has 2 saturated heterocycles. The van der Waals surface area contributed by atoms with Crippen molar-refractivity contribution in [2.75, 3.05) is 31.7 Å². The molecule has 0 radical (unpaired) electrons. The zero-order chi connectivity index (χ0) is 18.5. The molecule has 7 nitrogen and oxygen atoms in total. The molecule has 2 fully saturated rings. The molecule has 3 atom stereocenters. The molecule has 0 bridgehead atoms. The fourth-order valence-corrected chi connectivity index (χ4v) is 4.88. The van der Waals surface area contributed by atoms with Crippen LogP contribution < -0.4 is 15.4 Å². The largest absolute Gasteiger partial charge is 0.496 e. The standard InChI is InChI=1S/C18H20FN5O2S/c1-25-15-6-10(19)2-3-11(15)14-7-21-17-24(14)22-18(27-17)23-8-12-13(20)4-5-26-16(12)9-23/h2-3,6-7,12-13,16H,4-5,8-9,20H2,1H3/t12-,13+,16-/m0/s1. The van der Waals surface area contributed by atoms with Gasteiger partial charge in [0.15, 0.2) is 0 Å². The van der Waals surface area contributed by atoms with Crippen LogP contribution in [-0.2, 0) is 4.74 Å². The Morgan fingerprint density at radius 1 is 1.37 bits per heavy atom. The number of fused-ring (bicyclic) bond motifs is 2. The van der Waals surface area contributed by atoms with E-state index < -0.39 is 0 Å². The monoisotopic (exact) mass is 389 g/mol. The molecule has 2 N–H and O–H groups in total. The molecule has 0 spiro atoms. The lowest BCUT2D eigenvalue weighted by molar-refractivity contribution is -0.00904. The lowest BCUT2D eigenvalue weighted by Crippen LogP contribution is -2.43. The Bertz CT molecular complexity index is 989. The number of hydrogen-bond donors (Lipinski definition) is 1. The molecular formula is C18H20FN5O2S. The maximum Gasteiger partial charge on any atom is 0.214 e. The van der Waals surface area contributed by atoms with Crippen LogP contribution in [0.3, 0.4) is 0 Å². The fraction of sp³-hybridized carbons (Fsp3) is 0.444. The molecule has 2 aromatic heterocycles. The van der Waals surface area contributed by atoms with E-state index in [1.54, 1.807) is 16.8 Å². The molecule has 1 aromatic carbocycles. The molecule has 0 unspecified atom stereocenters. The summed E-state index contributed by atoms with van der Waals surface area (Å²) >= 11 is 1.53. The first-order valence-electron chi connectivity index (χ1n) is 8.94. The summed E-state index contributed by atoms with van der Waals surface area (Å²) in [7, 11) is 1.53. The molecule has 2 aliphatic rings. The van der Waals surface area contributed by atoms with E-state index in [0.717, 1.165) is 47.5 Å². The van der Waals surface area contributed by atoms with Crippen molar-refractivity contribution >= 4 is 21.4 Å². The van der Waals surface area contributed by atoms with Crippen molar-refractivity contribution in [2.24, 2.45) is 11.7 Å². The second-order valence-corrected chi connectivity index (χ2v) is 7.93. The number of methoxy groups -OCH3 is 1. The first-order chi connectivity index (χ1) is 13.1. The zero-order valence-corrected chi connectivity index (χ0v) is 15.7. The highest BCUT2D eigenvalue weighted by molar-refractivity contribution is 7.20. The number of anilines is 1. The Morgan fingerprint density at radius 2 is 2.26 bits per heavy atom. The number of hydrogen-bond acceptors (Lipinski definition) is 7. The van der Waals surface area contributed by atoms with Crippen LogP contribution in [0, 0.1) is 11.7 Å². The van der Waals surface area contributed by atoms with E-state index in [1.807, 2.05) is 0 Å². The van der Waals surface area contributed by atoms with Gasteiger partial charge in [-0.3, -0.25) is 0 Å². The fourth-order valence-electron chi connectivity index (χ4n) is 3.98. The number of halogens is 1. The average molecular weight is 389 g/mol. The van der Waals surface area contributed by atoms with Crippen LogP contribution >= 0.6 is 11.3 Å². The average Bonchev–Trinajstić information content (AvgIpc) is 3.35. The highest BCUT2D eigenvalue weighted by Crippen LogP contribution is 2.36. The third kappa shape index (κ3) is 2.77. The topological polar surface area (TPSA) is 77.9 Å². The van der Waals surface area contributed by atoms with Gasteiger partial charge in [-0.2, -0.15) is 0 Å². The Morgan fingerprint density at radius 3 is 3.07 bits per heavy atom. The third-order valence-electron chi connectivity index (χ3n) is 5.43. The summed E-state index contributed by atoms with van der Waals surface area (Å²) in [5.41, 5.74) is 7.80. The summed E-state index contributed by atoms with van der Waals surface area (Å²) in [5, 5.41) is 5.66. The van der Waals surface area contributed by atoms with Crippen LogP contribution in [0.5, 0.6) is 5.75 Å². The van der Waals surface area contributed by atoms with Crippen molar-refractivity contribution in [1.82, 2.24) is 14.6 Å². The van der Waals surface area contributed by atoms with Crippen LogP contribution in [0.1, 0.15) is 6.42 Å². The van der Waals surface area contributed by atoms with Crippen LogP contribution in [0.4, 0.5) is 9.52 Å². The summed E-state index contributed by atoms with van der Waals surface area (Å²) < 4.78 is 26.6. The predicted molar refractivity (Wildman–Crippen MR) is 101 cm³/mol. The predicted octanol–water partition coefficient (Wildman–Crippen LogP) is 2.16. The lowest BCUT2D eigenvalue weighted by Gasteiger charge is -2.29. The second kappa shape index (κ2) is 6.43. The van der Waals surface area contributed by atoms with Gasteiger partial charge in [0.1, 0.15) is 11.6 Å². The number of rotatable bonds is 3. The highest BCUT2D eigenvalue weighted by atomic mass is 32.1. The third-order valence-corrected chi connectivity index (χ3v) is 6.41. The van der Waals surface area contributed by atoms with Gasteiger partial charge >= 0.3 is 0 Å². The van der Waals surface area contributed by atoms with Gasteiger partial charge in [-0.15, -0.1) is 5.10 Å². The quantitative estimate of drug-likeness (QED) is 0.740. The maximum absolute atomic E-state index is 13.5. The minimum absolute atomic E-state index is 0.168. The number of nitrogens with two attached hydrogens (primary N) is 1. The van der Waals surface area contributed by atoms with Gasteiger partial charge in [0, 0.05) is 43.3 Å². The molecule has 4 heterocycles. The molecule has 9 heteroatoms. The van der Waals surface area contributed by atoms with Crippen molar-refractivity contribution in [3.8, 4) is 17.0 Å². The van der Waals surface area contributed by atoms with E-state index in [1.165, 1.54) is 30.6 Å². The van der Waals surface area contributed by atoms with Gasteiger partial charge in [0.2, 0.25) is 10.1 Å². The van der Waals surface area contributed by atoms with E-state index >= 15 is 0 Å². The number of imidazole rings is 1. The van der Waals surface area contributed by atoms with E-state index in [-0.39, 0.29) is 18.0 Å². The molecule has 27 heavy (non-hydrogen) atoms. The van der Waals surface area contributed by atoms with E-state index in [0.29, 0.717) is 11.7 Å². The van der Waals surface area contributed by atoms with Crippen molar-refractivity contribution in [3.05, 3.63) is 30.2 Å². The van der Waals surface area contributed by atoms with Gasteiger partial charge in [-0.1, -0.05) is 11.3 Å². The number of benzene rings is 1. The summed E-state index contributed by atoms with van der Waals surface area (Å²) in [4.78, 5) is 7.49. The first kappa shape index (κ1) is 16.9. The number of aromatic nitrogens is 3. The van der Waals surface area contributed by atoms with Crippen LogP contribution in [0.15, 0.2) is 24.4 Å². The molecule has 0 amide bonds. The smallest absolute Gasteiger partial charge is 0.214 e. The minimum atomic E-state index is -0.341. The molecular weight excluding hydrogens is 369 g/mol. The molecule has 0 aliphatic carbocycles. The zero-order valence-electron chi connectivity index (χ0n) is 14.8. The van der Waals surface area contributed by atoms with Crippen LogP contribution in [-0.4, -0.2) is 53.6 Å². The number of nitrogens with zero attached hydrogens (tertiary/aromatic N) is 4. The maximum atomic E-state index is 13.5. The lowest BCUT2D eigenvalue weighted by atomic mass is 9.93. The number of ether oxygens (including phenoxy) is 2. The van der Waals surface area contributed by atoms with E-state index in [4.69, 9.17) is 20.3 Å². The van der Waals surface area contributed by atoms with Gasteiger partial charge in [-0.05, 0) is 18.6 Å². The van der Waals surface area contributed by atoms with Gasteiger partial charge in [0.25, 0.3) is 0 Å². The molecule has 5 rings (SSSR count). The van der Waals surface area contributed by atoms with E-state index in [9.17, 15) is 4.39 Å². The second-order valence-electron chi connectivity index (χ2n) is 7.00. The Kier molecular flexibility index (Phi) is 4.03. The van der Waals surface area contributed by atoms with Crippen molar-refractivity contribution in [3.63, 3.8) is 0 Å². The first-order valence-corrected chi connectivity index (χ1v) is 9.76. The summed E-state index contributed by atoms with van der Waals surface area (Å²) in [6.07, 6.45) is 2.81. The van der Waals surface area contributed by atoms with Gasteiger partial charge in [0.05, 0.1) is 25.1 Å². The normalized spacial score (nSPS) is 25.1. The SMILES string of the molecule is COc1cc(F)ccc1-c1cnc2sc(N3C[C@H]4[C@H](N)CCO[C@H]4C3)nn12. The van der Waals surface area contributed by atoms with Crippen molar-refractivity contribution in [1.29, 1.82) is 0 Å². The van der Waals surface area contributed by atoms with Crippen LogP contribution in [0.25, 0.3) is 16.2 Å². The van der Waals surface area contributed by atoms with Crippen molar-refractivity contribution < 1.29 is 13.9 Å². The molecule has 3 aromatic rings. The Labute approximate surface area is 159 Å². The summed E-state index contributed by atoms with van der Waals surface area (Å²) in [6, 6.07) is 4.64. The van der Waals surface area contributed by atoms with Crippen LogP contribution in [0.2, 0.25) is 0 Å². The summed E-state index contributed by atoms with van der Waals surface area (Å²) in [6.45, 7) is 2.37. The highest BCUT2D eigenvalue weighted by Gasteiger charge is 2.41. The van der Waals surface area contributed by atoms with E-state index in [2.05, 4.69) is 9.88 Å². The van der Waals surface area contributed by atoms with Crippen molar-refractivity contribution in [2.45, 2.75) is 18.6 Å². The Balaban J connectivity index is 1.49. The van der Waals surface area contributed by atoms with Gasteiger partial charge < -0.3 is 20.1 Å². The molecule has 2 aliphatic heterocycles. The molecule has 0 saturated carbocycles.